The molecule has 1 heterocycles. The average molecular weight is 275 g/mol. The van der Waals surface area contributed by atoms with Gasteiger partial charge in [0.2, 0.25) is 12.3 Å². The molecule has 0 atom stereocenters. The summed E-state index contributed by atoms with van der Waals surface area (Å²) >= 11 is 0. The zero-order chi connectivity index (χ0) is 14.4. The van der Waals surface area contributed by atoms with Crippen molar-refractivity contribution in [1.82, 2.24) is 9.80 Å². The lowest BCUT2D eigenvalue weighted by Gasteiger charge is -2.33. The molecular formula is C15H21N3O2. The maximum Gasteiger partial charge on any atom is 0.241 e. The fraction of sp³-hybridized carbons (Fsp3) is 0.467. The molecule has 1 aliphatic heterocycles. The molecule has 0 unspecified atom stereocenters. The Hall–Kier alpha value is -1.88. The van der Waals surface area contributed by atoms with Crippen molar-refractivity contribution in [2.24, 2.45) is 0 Å². The van der Waals surface area contributed by atoms with Crippen molar-refractivity contribution in [3.8, 4) is 0 Å². The van der Waals surface area contributed by atoms with Gasteiger partial charge in [-0.2, -0.15) is 0 Å². The summed E-state index contributed by atoms with van der Waals surface area (Å²) in [6, 6.07) is 9.72. The zero-order valence-electron chi connectivity index (χ0n) is 11.9. The Labute approximate surface area is 119 Å². The second-order valence-electron chi connectivity index (χ2n) is 4.89. The van der Waals surface area contributed by atoms with Crippen LogP contribution in [0, 0.1) is 0 Å². The van der Waals surface area contributed by atoms with E-state index in [0.717, 1.165) is 25.2 Å². The molecule has 0 aromatic heterocycles. The lowest BCUT2D eigenvalue weighted by molar-refractivity contribution is -0.121. The molecule has 5 heteroatoms. The van der Waals surface area contributed by atoms with Crippen molar-refractivity contribution in [2.75, 3.05) is 44.2 Å². The van der Waals surface area contributed by atoms with E-state index in [1.165, 1.54) is 0 Å². The third-order valence-electron chi connectivity index (χ3n) is 3.60. The van der Waals surface area contributed by atoms with Gasteiger partial charge in [-0.15, -0.1) is 0 Å². The standard InChI is InChI=1S/C15H21N3O2/c1-2-18(14-6-4-3-5-7-14)15(20)12-16-8-10-17(13-19)11-9-16/h3-7,13H,2,8-12H2,1H3. The molecule has 1 saturated heterocycles. The molecule has 1 fully saturated rings. The molecule has 0 spiro atoms. The molecule has 2 rings (SSSR count). The molecule has 20 heavy (non-hydrogen) atoms. The summed E-state index contributed by atoms with van der Waals surface area (Å²) in [5, 5.41) is 0. The minimum atomic E-state index is 0.109. The van der Waals surface area contributed by atoms with Crippen molar-refractivity contribution in [3.63, 3.8) is 0 Å². The Kier molecular flexibility index (Phi) is 5.12. The van der Waals surface area contributed by atoms with Gasteiger partial charge in [-0.1, -0.05) is 18.2 Å². The van der Waals surface area contributed by atoms with E-state index in [-0.39, 0.29) is 5.91 Å². The lowest BCUT2D eigenvalue weighted by Crippen LogP contribution is -2.49. The summed E-state index contributed by atoms with van der Waals surface area (Å²) < 4.78 is 0. The van der Waals surface area contributed by atoms with E-state index in [4.69, 9.17) is 0 Å². The highest BCUT2D eigenvalue weighted by Gasteiger charge is 2.21. The smallest absolute Gasteiger partial charge is 0.241 e. The normalized spacial score (nSPS) is 15.9. The van der Waals surface area contributed by atoms with Gasteiger partial charge >= 0.3 is 0 Å². The van der Waals surface area contributed by atoms with Gasteiger partial charge in [0.15, 0.2) is 0 Å². The maximum absolute atomic E-state index is 12.4. The van der Waals surface area contributed by atoms with Crippen LogP contribution >= 0.6 is 0 Å². The van der Waals surface area contributed by atoms with Gasteiger partial charge in [0.25, 0.3) is 0 Å². The zero-order valence-corrected chi connectivity index (χ0v) is 11.9. The molecule has 108 valence electrons. The first-order valence-electron chi connectivity index (χ1n) is 7.01. The highest BCUT2D eigenvalue weighted by Crippen LogP contribution is 2.13. The number of piperazine rings is 1. The number of likely N-dealkylation sites (N-methyl/N-ethyl adjacent to an activating group) is 1. The van der Waals surface area contributed by atoms with Gasteiger partial charge in [0.1, 0.15) is 0 Å². The average Bonchev–Trinajstić information content (AvgIpc) is 2.50. The number of nitrogens with zero attached hydrogens (tertiary/aromatic N) is 3. The topological polar surface area (TPSA) is 43.9 Å². The fourth-order valence-electron chi connectivity index (χ4n) is 2.41. The van der Waals surface area contributed by atoms with Gasteiger partial charge in [-0.3, -0.25) is 14.5 Å². The summed E-state index contributed by atoms with van der Waals surface area (Å²) in [4.78, 5) is 28.7. The molecular weight excluding hydrogens is 254 g/mol. The summed E-state index contributed by atoms with van der Waals surface area (Å²) in [5.41, 5.74) is 0.937. The number of anilines is 1. The largest absolute Gasteiger partial charge is 0.343 e. The van der Waals surface area contributed by atoms with Crippen LogP contribution in [-0.4, -0.2) is 61.4 Å². The van der Waals surface area contributed by atoms with Gasteiger partial charge < -0.3 is 9.80 Å². The number of amides is 2. The van der Waals surface area contributed by atoms with Crippen LogP contribution in [0.1, 0.15) is 6.92 Å². The molecule has 0 radical (unpaired) electrons. The van der Waals surface area contributed by atoms with Crippen molar-refractivity contribution in [3.05, 3.63) is 30.3 Å². The Morgan fingerprint density at radius 1 is 1.20 bits per heavy atom. The van der Waals surface area contributed by atoms with E-state index < -0.39 is 0 Å². The van der Waals surface area contributed by atoms with Gasteiger partial charge in [-0.05, 0) is 19.1 Å². The molecule has 0 aliphatic carbocycles. The van der Waals surface area contributed by atoms with Crippen molar-refractivity contribution in [2.45, 2.75) is 6.92 Å². The number of hydrogen-bond acceptors (Lipinski definition) is 3. The number of benzene rings is 1. The number of carbonyl (C=O) groups excluding carboxylic acids is 2. The van der Waals surface area contributed by atoms with Gasteiger partial charge in [-0.25, -0.2) is 0 Å². The molecule has 5 nitrogen and oxygen atoms in total. The van der Waals surface area contributed by atoms with Crippen molar-refractivity contribution >= 4 is 18.0 Å². The van der Waals surface area contributed by atoms with Crippen LogP contribution in [0.2, 0.25) is 0 Å². The van der Waals surface area contributed by atoms with Gasteiger partial charge in [0, 0.05) is 38.4 Å². The minimum absolute atomic E-state index is 0.109. The van der Waals surface area contributed by atoms with Crippen LogP contribution < -0.4 is 4.90 Å². The van der Waals surface area contributed by atoms with Gasteiger partial charge in [0.05, 0.1) is 6.54 Å². The molecule has 1 aliphatic rings. The van der Waals surface area contributed by atoms with Crippen LogP contribution in [0.3, 0.4) is 0 Å². The summed E-state index contributed by atoms with van der Waals surface area (Å²) in [6.45, 7) is 5.98. The predicted molar refractivity (Wildman–Crippen MR) is 78.5 cm³/mol. The van der Waals surface area contributed by atoms with Crippen LogP contribution in [0.25, 0.3) is 0 Å². The SMILES string of the molecule is CCN(C(=O)CN1CCN(C=O)CC1)c1ccccc1. The number of hydrogen-bond donors (Lipinski definition) is 0. The molecule has 1 aromatic rings. The summed E-state index contributed by atoms with van der Waals surface area (Å²) in [6.07, 6.45) is 0.876. The van der Waals surface area contributed by atoms with E-state index in [2.05, 4.69) is 4.90 Å². The summed E-state index contributed by atoms with van der Waals surface area (Å²) in [5.74, 6) is 0.109. The highest BCUT2D eigenvalue weighted by atomic mass is 16.2. The quantitative estimate of drug-likeness (QED) is 0.747. The van der Waals surface area contributed by atoms with Crippen molar-refractivity contribution in [1.29, 1.82) is 0 Å². The lowest BCUT2D eigenvalue weighted by atomic mass is 10.2. The molecule has 2 amide bonds. The Bertz CT molecular complexity index is 442. The first-order chi connectivity index (χ1) is 9.74. The van der Waals surface area contributed by atoms with E-state index in [1.54, 1.807) is 9.80 Å². The molecule has 1 aromatic carbocycles. The number of carbonyl (C=O) groups is 2. The monoisotopic (exact) mass is 275 g/mol. The third kappa shape index (κ3) is 3.57. The minimum Gasteiger partial charge on any atom is -0.343 e. The Morgan fingerprint density at radius 2 is 1.85 bits per heavy atom. The first-order valence-corrected chi connectivity index (χ1v) is 7.01. The Morgan fingerprint density at radius 3 is 2.40 bits per heavy atom. The first kappa shape index (κ1) is 14.5. The number of para-hydroxylation sites is 1. The maximum atomic E-state index is 12.4. The predicted octanol–water partition coefficient (Wildman–Crippen LogP) is 0.814. The molecule has 0 bridgehead atoms. The second kappa shape index (κ2) is 7.05. The van der Waals surface area contributed by atoms with Crippen molar-refractivity contribution < 1.29 is 9.59 Å². The van der Waals surface area contributed by atoms with Crippen LogP contribution in [0.5, 0.6) is 0 Å². The van der Waals surface area contributed by atoms with E-state index in [9.17, 15) is 9.59 Å². The second-order valence-corrected chi connectivity index (χ2v) is 4.89. The number of rotatable bonds is 5. The molecule has 0 saturated carbocycles. The van der Waals surface area contributed by atoms with E-state index in [1.807, 2.05) is 37.3 Å². The van der Waals surface area contributed by atoms with Crippen LogP contribution in [0.4, 0.5) is 5.69 Å². The summed E-state index contributed by atoms with van der Waals surface area (Å²) in [7, 11) is 0. The van der Waals surface area contributed by atoms with E-state index in [0.29, 0.717) is 26.2 Å². The van der Waals surface area contributed by atoms with Crippen LogP contribution in [0.15, 0.2) is 30.3 Å². The fourth-order valence-corrected chi connectivity index (χ4v) is 2.41. The third-order valence-corrected chi connectivity index (χ3v) is 3.60. The van der Waals surface area contributed by atoms with E-state index >= 15 is 0 Å². The molecule has 0 N–H and O–H groups in total. The Balaban J connectivity index is 1.92. The van der Waals surface area contributed by atoms with Crippen LogP contribution in [-0.2, 0) is 9.59 Å². The highest BCUT2D eigenvalue weighted by molar-refractivity contribution is 5.94.